The van der Waals surface area contributed by atoms with Crippen LogP contribution in [0.1, 0.15) is 63.8 Å². The smallest absolute Gasteiger partial charge is 0.306 e. The number of carbonyl (C=O) groups excluding carboxylic acids is 1. The van der Waals surface area contributed by atoms with E-state index in [-0.39, 0.29) is 12.1 Å². The highest BCUT2D eigenvalue weighted by atomic mass is 16.5. The van der Waals surface area contributed by atoms with Gasteiger partial charge in [-0.3, -0.25) is 4.79 Å². The summed E-state index contributed by atoms with van der Waals surface area (Å²) < 4.78 is 5.39. The Morgan fingerprint density at radius 2 is 1.83 bits per heavy atom. The van der Waals surface area contributed by atoms with Crippen molar-refractivity contribution in [2.75, 3.05) is 0 Å². The molecule has 0 heterocycles. The van der Waals surface area contributed by atoms with Gasteiger partial charge in [0.05, 0.1) is 0 Å². The van der Waals surface area contributed by atoms with Crippen molar-refractivity contribution in [1.82, 2.24) is 0 Å². The molecule has 128 valence electrons. The van der Waals surface area contributed by atoms with Crippen molar-refractivity contribution in [3.8, 4) is 0 Å². The summed E-state index contributed by atoms with van der Waals surface area (Å²) in [5, 5.41) is 2.29. The van der Waals surface area contributed by atoms with Crippen LogP contribution in [-0.4, -0.2) is 5.97 Å². The van der Waals surface area contributed by atoms with Crippen molar-refractivity contribution in [3.63, 3.8) is 0 Å². The Bertz CT molecular complexity index is 726. The molecule has 24 heavy (non-hydrogen) atoms. The van der Waals surface area contributed by atoms with Crippen molar-refractivity contribution in [3.05, 3.63) is 59.7 Å². The van der Waals surface area contributed by atoms with Gasteiger partial charge in [0.2, 0.25) is 0 Å². The molecule has 0 aromatic heterocycles. The third-order valence-corrected chi connectivity index (χ3v) is 3.70. The van der Waals surface area contributed by atoms with E-state index in [0.717, 1.165) is 27.5 Å². The standard InChI is InChI=1S/C20H22O2.C2H6/c1-5-8-17-13-19-12-16(14(4)22-20(21)7-3)9-10-18(19)11-15(17)6-2;1-2/h5-6,8-14H,2,7H2,1,3-4H3;1-2H3/b8-5-;. The predicted molar refractivity (Wildman–Crippen MR) is 105 cm³/mol. The third kappa shape index (κ3) is 4.82. The molecule has 1 atom stereocenters. The van der Waals surface area contributed by atoms with Crippen molar-refractivity contribution in [1.29, 1.82) is 0 Å². The average Bonchev–Trinajstić information content (AvgIpc) is 2.62. The molecule has 0 bridgehead atoms. The molecule has 0 aliphatic carbocycles. The molecule has 2 nitrogen and oxygen atoms in total. The van der Waals surface area contributed by atoms with E-state index in [0.29, 0.717) is 6.42 Å². The van der Waals surface area contributed by atoms with Gasteiger partial charge < -0.3 is 4.74 Å². The number of carbonyl (C=O) groups is 1. The first kappa shape index (κ1) is 19.7. The summed E-state index contributed by atoms with van der Waals surface area (Å²) in [7, 11) is 0. The van der Waals surface area contributed by atoms with Crippen LogP contribution in [0.4, 0.5) is 0 Å². The lowest BCUT2D eigenvalue weighted by atomic mass is 9.98. The fraction of sp³-hybridized carbons (Fsp3) is 0.318. The summed E-state index contributed by atoms with van der Waals surface area (Å²) in [5.41, 5.74) is 3.26. The first-order chi connectivity index (χ1) is 11.6. The van der Waals surface area contributed by atoms with E-state index in [1.54, 1.807) is 6.92 Å². The maximum absolute atomic E-state index is 11.4. The van der Waals surface area contributed by atoms with Crippen molar-refractivity contribution < 1.29 is 9.53 Å². The maximum atomic E-state index is 11.4. The number of benzene rings is 2. The predicted octanol–water partition coefficient (Wildman–Crippen LogP) is 6.56. The highest BCUT2D eigenvalue weighted by Crippen LogP contribution is 2.27. The SMILES string of the molecule is C=Cc1cc2ccc(C(C)OC(=O)CC)cc2cc1/C=C\C.CC. The van der Waals surface area contributed by atoms with E-state index in [2.05, 4.69) is 36.9 Å². The minimum absolute atomic E-state index is 0.177. The normalized spacial score (nSPS) is 11.7. The summed E-state index contributed by atoms with van der Waals surface area (Å²) in [5.74, 6) is -0.177. The van der Waals surface area contributed by atoms with Crippen molar-refractivity contribution in [2.24, 2.45) is 0 Å². The number of allylic oxidation sites excluding steroid dienone is 1. The molecule has 0 N–H and O–H groups in total. The fourth-order valence-corrected chi connectivity index (χ4v) is 2.45. The Morgan fingerprint density at radius 3 is 2.42 bits per heavy atom. The van der Waals surface area contributed by atoms with E-state index in [1.165, 1.54) is 0 Å². The zero-order valence-corrected chi connectivity index (χ0v) is 15.4. The van der Waals surface area contributed by atoms with E-state index in [1.807, 2.05) is 45.9 Å². The molecule has 0 aliphatic heterocycles. The molecule has 0 saturated heterocycles. The lowest BCUT2D eigenvalue weighted by Gasteiger charge is -2.14. The summed E-state index contributed by atoms with van der Waals surface area (Å²) in [4.78, 5) is 11.4. The molecule has 2 heteroatoms. The van der Waals surface area contributed by atoms with Crippen LogP contribution < -0.4 is 0 Å². The second kappa shape index (κ2) is 9.71. The van der Waals surface area contributed by atoms with Crippen LogP contribution in [-0.2, 0) is 9.53 Å². The Morgan fingerprint density at radius 1 is 1.17 bits per heavy atom. The van der Waals surface area contributed by atoms with Crippen LogP contribution in [0.25, 0.3) is 22.9 Å². The summed E-state index contributed by atoms with van der Waals surface area (Å²) in [6.07, 6.45) is 6.12. The molecular formula is C22H28O2. The monoisotopic (exact) mass is 324 g/mol. The number of hydrogen-bond acceptors (Lipinski definition) is 2. The topological polar surface area (TPSA) is 26.3 Å². The highest BCUT2D eigenvalue weighted by molar-refractivity contribution is 5.89. The Hall–Kier alpha value is -2.35. The van der Waals surface area contributed by atoms with Gasteiger partial charge in [0.1, 0.15) is 6.10 Å². The van der Waals surface area contributed by atoms with Gasteiger partial charge in [0.25, 0.3) is 0 Å². The van der Waals surface area contributed by atoms with E-state index < -0.39 is 0 Å². The second-order valence-electron chi connectivity index (χ2n) is 5.28. The molecule has 0 saturated carbocycles. The molecule has 0 spiro atoms. The number of fused-ring (bicyclic) bond motifs is 1. The Balaban J connectivity index is 0.00000139. The van der Waals surface area contributed by atoms with Gasteiger partial charge in [-0.25, -0.2) is 0 Å². The summed E-state index contributed by atoms with van der Waals surface area (Å²) >= 11 is 0. The maximum Gasteiger partial charge on any atom is 0.306 e. The lowest BCUT2D eigenvalue weighted by Crippen LogP contribution is -2.07. The van der Waals surface area contributed by atoms with Crippen LogP contribution in [0, 0.1) is 0 Å². The number of esters is 1. The van der Waals surface area contributed by atoms with Crippen LogP contribution in [0.15, 0.2) is 43.0 Å². The minimum atomic E-state index is -0.235. The highest BCUT2D eigenvalue weighted by Gasteiger charge is 2.11. The third-order valence-electron chi connectivity index (χ3n) is 3.70. The fourth-order valence-electron chi connectivity index (χ4n) is 2.45. The second-order valence-corrected chi connectivity index (χ2v) is 5.28. The molecule has 1 unspecified atom stereocenters. The number of rotatable bonds is 5. The summed E-state index contributed by atoms with van der Waals surface area (Å²) in [6.45, 7) is 13.6. The molecule has 0 amide bonds. The quantitative estimate of drug-likeness (QED) is 0.582. The Kier molecular flexibility index (Phi) is 7.97. The van der Waals surface area contributed by atoms with Gasteiger partial charge in [0, 0.05) is 6.42 Å². The molecule has 0 fully saturated rings. The Labute approximate surface area is 145 Å². The molecular weight excluding hydrogens is 296 g/mol. The van der Waals surface area contributed by atoms with E-state index >= 15 is 0 Å². The van der Waals surface area contributed by atoms with Gasteiger partial charge in [-0.1, -0.05) is 57.7 Å². The first-order valence-corrected chi connectivity index (χ1v) is 8.61. The van der Waals surface area contributed by atoms with Crippen LogP contribution in [0.5, 0.6) is 0 Å². The molecule has 0 aliphatic rings. The van der Waals surface area contributed by atoms with Gasteiger partial charge >= 0.3 is 5.97 Å². The summed E-state index contributed by atoms with van der Waals surface area (Å²) in [6, 6.07) is 10.4. The van der Waals surface area contributed by atoms with Crippen molar-refractivity contribution >= 4 is 28.9 Å². The molecule has 2 aromatic rings. The minimum Gasteiger partial charge on any atom is -0.458 e. The molecule has 2 aromatic carbocycles. The number of ether oxygens (including phenoxy) is 1. The van der Waals surface area contributed by atoms with Crippen LogP contribution >= 0.6 is 0 Å². The zero-order chi connectivity index (χ0) is 18.1. The van der Waals surface area contributed by atoms with Gasteiger partial charge in [0.15, 0.2) is 0 Å². The first-order valence-electron chi connectivity index (χ1n) is 8.61. The zero-order valence-electron chi connectivity index (χ0n) is 15.4. The van der Waals surface area contributed by atoms with Crippen LogP contribution in [0.2, 0.25) is 0 Å². The van der Waals surface area contributed by atoms with E-state index in [9.17, 15) is 4.79 Å². The van der Waals surface area contributed by atoms with E-state index in [4.69, 9.17) is 4.74 Å². The van der Waals surface area contributed by atoms with Gasteiger partial charge in [-0.05, 0) is 59.5 Å². The van der Waals surface area contributed by atoms with Crippen LogP contribution in [0.3, 0.4) is 0 Å². The average molecular weight is 324 g/mol. The lowest BCUT2D eigenvalue weighted by molar-refractivity contribution is -0.148. The van der Waals surface area contributed by atoms with Gasteiger partial charge in [-0.15, -0.1) is 0 Å². The van der Waals surface area contributed by atoms with Gasteiger partial charge in [-0.2, -0.15) is 0 Å². The molecule has 0 radical (unpaired) electrons. The van der Waals surface area contributed by atoms with Crippen molar-refractivity contribution in [2.45, 2.75) is 47.1 Å². The largest absolute Gasteiger partial charge is 0.458 e. The number of hydrogen-bond donors (Lipinski definition) is 0. The molecule has 2 rings (SSSR count).